The average molecular weight is 483 g/mol. The molecule has 8 heteroatoms. The van der Waals surface area contributed by atoms with Crippen molar-refractivity contribution in [1.29, 1.82) is 0 Å². The van der Waals surface area contributed by atoms with Gasteiger partial charge in [0.1, 0.15) is 11.5 Å². The summed E-state index contributed by atoms with van der Waals surface area (Å²) < 4.78 is 5.28. The monoisotopic (exact) mass is 482 g/mol. The SMILES string of the molecule is COc1ccc(C(O)=C2C(=O)C(=O)N(Cc3cccnc3)[C@@H]2c2ccc(Cl)c(Cl)c2)cc1C. The number of pyridine rings is 1. The van der Waals surface area contributed by atoms with Gasteiger partial charge in [-0.3, -0.25) is 14.6 Å². The Kier molecular flexibility index (Phi) is 6.40. The number of ether oxygens (including phenoxy) is 1. The molecule has 1 amide bonds. The molecule has 1 saturated heterocycles. The fraction of sp³-hybridized carbons (Fsp3) is 0.160. The summed E-state index contributed by atoms with van der Waals surface area (Å²) in [6, 6.07) is 12.6. The summed E-state index contributed by atoms with van der Waals surface area (Å²) in [6.07, 6.45) is 3.25. The fourth-order valence-corrected chi connectivity index (χ4v) is 4.25. The molecule has 1 N–H and O–H groups in total. The first-order chi connectivity index (χ1) is 15.8. The van der Waals surface area contributed by atoms with Crippen LogP contribution in [-0.4, -0.2) is 33.8 Å². The number of amides is 1. The van der Waals surface area contributed by atoms with Crippen LogP contribution in [0.25, 0.3) is 5.76 Å². The number of hydrogen-bond donors (Lipinski definition) is 1. The second kappa shape index (κ2) is 9.25. The summed E-state index contributed by atoms with van der Waals surface area (Å²) in [6.45, 7) is 1.95. The number of carbonyl (C=O) groups is 2. The molecular formula is C25H20Cl2N2O4. The smallest absolute Gasteiger partial charge is 0.295 e. The molecule has 1 aliphatic rings. The van der Waals surface area contributed by atoms with Crippen LogP contribution < -0.4 is 4.74 Å². The maximum Gasteiger partial charge on any atom is 0.295 e. The van der Waals surface area contributed by atoms with Gasteiger partial charge in [0.25, 0.3) is 11.7 Å². The van der Waals surface area contributed by atoms with E-state index in [0.717, 1.165) is 11.1 Å². The highest BCUT2D eigenvalue weighted by molar-refractivity contribution is 6.46. The van der Waals surface area contributed by atoms with Crippen LogP contribution in [0.3, 0.4) is 0 Å². The van der Waals surface area contributed by atoms with Gasteiger partial charge in [0.2, 0.25) is 0 Å². The fourth-order valence-electron chi connectivity index (χ4n) is 3.94. The molecule has 0 saturated carbocycles. The topological polar surface area (TPSA) is 79.7 Å². The van der Waals surface area contributed by atoms with E-state index in [0.29, 0.717) is 21.9 Å². The van der Waals surface area contributed by atoms with Gasteiger partial charge < -0.3 is 14.7 Å². The molecule has 0 bridgehead atoms. The van der Waals surface area contributed by atoms with Crippen LogP contribution >= 0.6 is 23.2 Å². The molecule has 2 aromatic carbocycles. The van der Waals surface area contributed by atoms with Crippen LogP contribution in [-0.2, 0) is 16.1 Å². The lowest BCUT2D eigenvalue weighted by Crippen LogP contribution is -2.29. The third-order valence-electron chi connectivity index (χ3n) is 5.54. The summed E-state index contributed by atoms with van der Waals surface area (Å²) in [4.78, 5) is 31.7. The van der Waals surface area contributed by atoms with Crippen molar-refractivity contribution in [3.63, 3.8) is 0 Å². The molecule has 1 aliphatic heterocycles. The zero-order chi connectivity index (χ0) is 23.7. The summed E-state index contributed by atoms with van der Waals surface area (Å²) in [5.41, 5.74) is 2.45. The Bertz CT molecular complexity index is 1270. The van der Waals surface area contributed by atoms with Crippen LogP contribution in [0.15, 0.2) is 66.5 Å². The minimum atomic E-state index is -0.859. The van der Waals surface area contributed by atoms with E-state index in [9.17, 15) is 14.7 Å². The Balaban J connectivity index is 1.88. The number of ketones is 1. The van der Waals surface area contributed by atoms with Crippen molar-refractivity contribution in [2.24, 2.45) is 0 Å². The van der Waals surface area contributed by atoms with E-state index in [1.54, 1.807) is 62.0 Å². The van der Waals surface area contributed by atoms with Crippen LogP contribution in [0.5, 0.6) is 5.75 Å². The highest BCUT2D eigenvalue weighted by Crippen LogP contribution is 2.42. The molecule has 3 aromatic rings. The number of Topliss-reactive ketones (excluding diaryl/α,β-unsaturated/α-hetero) is 1. The van der Waals surface area contributed by atoms with Crippen molar-refractivity contribution < 1.29 is 19.4 Å². The number of aryl methyl sites for hydroxylation is 1. The lowest BCUT2D eigenvalue weighted by molar-refractivity contribution is -0.140. The molecule has 0 aliphatic carbocycles. The summed E-state index contributed by atoms with van der Waals surface area (Å²) in [5, 5.41) is 11.8. The van der Waals surface area contributed by atoms with Gasteiger partial charge in [-0.15, -0.1) is 0 Å². The number of aromatic nitrogens is 1. The van der Waals surface area contributed by atoms with Gasteiger partial charge in [0.15, 0.2) is 0 Å². The summed E-state index contributed by atoms with van der Waals surface area (Å²) >= 11 is 12.3. The van der Waals surface area contributed by atoms with Crippen molar-refractivity contribution in [3.8, 4) is 5.75 Å². The molecule has 33 heavy (non-hydrogen) atoms. The van der Waals surface area contributed by atoms with E-state index in [1.807, 2.05) is 13.0 Å². The Morgan fingerprint density at radius 1 is 1.12 bits per heavy atom. The third-order valence-corrected chi connectivity index (χ3v) is 6.28. The van der Waals surface area contributed by atoms with Crippen LogP contribution in [0.2, 0.25) is 10.0 Å². The molecule has 2 heterocycles. The largest absolute Gasteiger partial charge is 0.507 e. The van der Waals surface area contributed by atoms with E-state index in [1.165, 1.54) is 4.90 Å². The highest BCUT2D eigenvalue weighted by Gasteiger charge is 2.46. The summed E-state index contributed by atoms with van der Waals surface area (Å²) in [5.74, 6) is -1.13. The number of rotatable bonds is 5. The van der Waals surface area contributed by atoms with E-state index in [2.05, 4.69) is 4.98 Å². The zero-order valence-corrected chi connectivity index (χ0v) is 19.4. The van der Waals surface area contributed by atoms with Crippen LogP contribution in [0.1, 0.15) is 28.3 Å². The molecule has 168 valence electrons. The van der Waals surface area contributed by atoms with Crippen molar-refractivity contribution >= 4 is 40.7 Å². The third kappa shape index (κ3) is 4.32. The molecule has 1 atom stereocenters. The minimum Gasteiger partial charge on any atom is -0.507 e. The molecule has 1 aromatic heterocycles. The normalized spacial score (nSPS) is 17.5. The minimum absolute atomic E-state index is 0.0214. The second-order valence-corrected chi connectivity index (χ2v) is 8.46. The first-order valence-electron chi connectivity index (χ1n) is 10.1. The number of carbonyl (C=O) groups excluding carboxylic acids is 2. The maximum atomic E-state index is 13.2. The van der Waals surface area contributed by atoms with E-state index < -0.39 is 17.7 Å². The summed E-state index contributed by atoms with van der Waals surface area (Å²) in [7, 11) is 1.55. The van der Waals surface area contributed by atoms with E-state index in [4.69, 9.17) is 27.9 Å². The number of benzene rings is 2. The average Bonchev–Trinajstić information content (AvgIpc) is 3.06. The van der Waals surface area contributed by atoms with Crippen LogP contribution in [0, 0.1) is 6.92 Å². The lowest BCUT2D eigenvalue weighted by Gasteiger charge is -2.25. The van der Waals surface area contributed by atoms with Gasteiger partial charge in [-0.25, -0.2) is 0 Å². The molecule has 6 nitrogen and oxygen atoms in total. The van der Waals surface area contributed by atoms with Gasteiger partial charge in [0, 0.05) is 24.5 Å². The first kappa shape index (κ1) is 22.8. The Hall–Kier alpha value is -3.35. The predicted molar refractivity (Wildman–Crippen MR) is 126 cm³/mol. The number of hydrogen-bond acceptors (Lipinski definition) is 5. The number of aliphatic hydroxyl groups is 1. The van der Waals surface area contributed by atoms with Crippen molar-refractivity contribution in [2.75, 3.05) is 7.11 Å². The Morgan fingerprint density at radius 2 is 1.91 bits per heavy atom. The first-order valence-corrected chi connectivity index (χ1v) is 10.8. The number of aliphatic hydroxyl groups excluding tert-OH is 1. The van der Waals surface area contributed by atoms with Gasteiger partial charge in [-0.05, 0) is 60.0 Å². The van der Waals surface area contributed by atoms with Gasteiger partial charge in [-0.1, -0.05) is 35.3 Å². The van der Waals surface area contributed by atoms with Gasteiger partial charge >= 0.3 is 0 Å². The van der Waals surface area contributed by atoms with Crippen LogP contribution in [0.4, 0.5) is 0 Å². The van der Waals surface area contributed by atoms with E-state index >= 15 is 0 Å². The lowest BCUT2D eigenvalue weighted by atomic mass is 9.94. The number of nitrogens with zero attached hydrogens (tertiary/aromatic N) is 2. The molecule has 1 fully saturated rings. The van der Waals surface area contributed by atoms with Gasteiger partial charge in [0.05, 0.1) is 28.8 Å². The Labute approximate surface area is 201 Å². The molecule has 0 radical (unpaired) electrons. The molecule has 0 unspecified atom stereocenters. The molecule has 0 spiro atoms. The zero-order valence-electron chi connectivity index (χ0n) is 17.9. The molecule has 4 rings (SSSR count). The Morgan fingerprint density at radius 3 is 2.55 bits per heavy atom. The standard InChI is InChI=1S/C25H20Cl2N2O4/c1-14-10-17(6-8-20(14)33-2)23(30)21-22(16-5-7-18(26)19(27)11-16)29(25(32)24(21)31)13-15-4-3-9-28-12-15/h3-12,22,30H,13H2,1-2H3/t22-/m1/s1. The van der Waals surface area contributed by atoms with Gasteiger partial charge in [-0.2, -0.15) is 0 Å². The van der Waals surface area contributed by atoms with E-state index in [-0.39, 0.29) is 22.9 Å². The predicted octanol–water partition coefficient (Wildman–Crippen LogP) is 5.33. The van der Waals surface area contributed by atoms with Crippen molar-refractivity contribution in [1.82, 2.24) is 9.88 Å². The van der Waals surface area contributed by atoms with Crippen molar-refractivity contribution in [3.05, 3.63) is 98.8 Å². The van der Waals surface area contributed by atoms with Crippen molar-refractivity contribution in [2.45, 2.75) is 19.5 Å². The highest BCUT2D eigenvalue weighted by atomic mass is 35.5. The maximum absolute atomic E-state index is 13.2. The molecular weight excluding hydrogens is 463 g/mol. The number of methoxy groups -OCH3 is 1. The number of halogens is 2. The second-order valence-electron chi connectivity index (χ2n) is 7.65. The quantitative estimate of drug-likeness (QED) is 0.302. The number of likely N-dealkylation sites (tertiary alicyclic amines) is 1.